The summed E-state index contributed by atoms with van der Waals surface area (Å²) < 4.78 is 1.40. The molecule has 1 aliphatic heterocycles. The van der Waals surface area contributed by atoms with Crippen molar-refractivity contribution < 1.29 is 0 Å². The van der Waals surface area contributed by atoms with E-state index in [1.807, 2.05) is 6.07 Å². The largest absolute Gasteiger partial charge is 0.312 e. The predicted molar refractivity (Wildman–Crippen MR) is 72.0 cm³/mol. The Morgan fingerprint density at radius 3 is 3.25 bits per heavy atom. The molecule has 0 bridgehead atoms. The predicted octanol–water partition coefficient (Wildman–Crippen LogP) is 0.204. The number of fused-ring (bicyclic) bond motifs is 1. The Bertz CT molecular complexity index is 744. The molecule has 0 aromatic carbocycles. The summed E-state index contributed by atoms with van der Waals surface area (Å²) in [7, 11) is 0. The quantitative estimate of drug-likeness (QED) is 0.840. The Morgan fingerprint density at radius 1 is 1.50 bits per heavy atom. The molecule has 0 radical (unpaired) electrons. The highest BCUT2D eigenvalue weighted by Gasteiger charge is 2.13. The van der Waals surface area contributed by atoms with Crippen molar-refractivity contribution in [1.82, 2.24) is 20.1 Å². The van der Waals surface area contributed by atoms with Gasteiger partial charge in [-0.15, -0.1) is 0 Å². The lowest BCUT2D eigenvalue weighted by atomic mass is 10.1. The molecule has 0 saturated heterocycles. The molecule has 1 N–H and O–H groups in total. The first kappa shape index (κ1) is 12.5. The third kappa shape index (κ3) is 2.31. The van der Waals surface area contributed by atoms with Crippen molar-refractivity contribution in [3.63, 3.8) is 0 Å². The standard InChI is InChI=1S/C14H13N5O/c15-7-13-10(2-1-4-17-13)9-19-14(20)6-11-8-16-5-3-12(11)18-19/h1-2,4,6,16H,3,5,8-9H2. The second kappa shape index (κ2) is 5.23. The van der Waals surface area contributed by atoms with Crippen LogP contribution in [0.5, 0.6) is 0 Å². The molecule has 100 valence electrons. The second-order valence-corrected chi connectivity index (χ2v) is 4.66. The van der Waals surface area contributed by atoms with Crippen LogP contribution in [0, 0.1) is 11.3 Å². The zero-order valence-electron chi connectivity index (χ0n) is 10.8. The maximum atomic E-state index is 12.1. The van der Waals surface area contributed by atoms with Crippen LogP contribution >= 0.6 is 0 Å². The molecule has 6 nitrogen and oxygen atoms in total. The van der Waals surface area contributed by atoms with Crippen LogP contribution in [0.15, 0.2) is 29.2 Å². The number of nitrogens with one attached hydrogen (secondary N) is 1. The van der Waals surface area contributed by atoms with Gasteiger partial charge in [-0.1, -0.05) is 6.07 Å². The van der Waals surface area contributed by atoms with Crippen LogP contribution in [-0.2, 0) is 19.5 Å². The van der Waals surface area contributed by atoms with Gasteiger partial charge in [0.05, 0.1) is 12.2 Å². The van der Waals surface area contributed by atoms with E-state index in [0.717, 1.165) is 24.2 Å². The van der Waals surface area contributed by atoms with Gasteiger partial charge in [-0.2, -0.15) is 10.4 Å². The van der Waals surface area contributed by atoms with Crippen LogP contribution in [0.1, 0.15) is 22.5 Å². The van der Waals surface area contributed by atoms with E-state index in [4.69, 9.17) is 5.26 Å². The van der Waals surface area contributed by atoms with Crippen molar-refractivity contribution in [2.45, 2.75) is 19.5 Å². The summed E-state index contributed by atoms with van der Waals surface area (Å²) in [5.41, 5.74) is 2.80. The van der Waals surface area contributed by atoms with E-state index in [-0.39, 0.29) is 12.1 Å². The normalized spacial score (nSPS) is 13.6. The van der Waals surface area contributed by atoms with Gasteiger partial charge in [-0.05, 0) is 11.6 Å². The molecule has 6 heteroatoms. The first-order valence-electron chi connectivity index (χ1n) is 6.42. The van der Waals surface area contributed by atoms with Gasteiger partial charge in [0.2, 0.25) is 0 Å². The molecule has 3 rings (SSSR count). The first-order chi connectivity index (χ1) is 9.78. The number of hydrogen-bond donors (Lipinski definition) is 1. The Kier molecular flexibility index (Phi) is 3.27. The first-order valence-corrected chi connectivity index (χ1v) is 6.42. The fourth-order valence-electron chi connectivity index (χ4n) is 2.30. The Labute approximate surface area is 115 Å². The van der Waals surface area contributed by atoms with Gasteiger partial charge in [0.25, 0.3) is 5.56 Å². The number of aromatic nitrogens is 3. The maximum absolute atomic E-state index is 12.1. The summed E-state index contributed by atoms with van der Waals surface area (Å²) in [6.45, 7) is 1.83. The van der Waals surface area contributed by atoms with Gasteiger partial charge < -0.3 is 5.32 Å². The minimum Gasteiger partial charge on any atom is -0.312 e. The summed E-state index contributed by atoms with van der Waals surface area (Å²) in [6, 6.07) is 7.20. The molecule has 0 amide bonds. The summed E-state index contributed by atoms with van der Waals surface area (Å²) in [5, 5.41) is 16.7. The van der Waals surface area contributed by atoms with Gasteiger partial charge in [0, 0.05) is 37.3 Å². The van der Waals surface area contributed by atoms with E-state index in [0.29, 0.717) is 17.8 Å². The SMILES string of the molecule is N#Cc1ncccc1Cn1nc2c(cc1=O)CNCC2. The van der Waals surface area contributed by atoms with Crippen LogP contribution in [0.4, 0.5) is 0 Å². The minimum atomic E-state index is -0.153. The van der Waals surface area contributed by atoms with Crippen molar-refractivity contribution in [1.29, 1.82) is 5.26 Å². The summed E-state index contributed by atoms with van der Waals surface area (Å²) >= 11 is 0. The number of pyridine rings is 1. The molecule has 0 spiro atoms. The van der Waals surface area contributed by atoms with Crippen LogP contribution < -0.4 is 10.9 Å². The van der Waals surface area contributed by atoms with E-state index in [9.17, 15) is 4.79 Å². The lowest BCUT2D eigenvalue weighted by Gasteiger charge is -2.17. The second-order valence-electron chi connectivity index (χ2n) is 4.66. The lowest BCUT2D eigenvalue weighted by Crippen LogP contribution is -2.32. The maximum Gasteiger partial charge on any atom is 0.267 e. The fraction of sp³-hybridized carbons (Fsp3) is 0.286. The molecular weight excluding hydrogens is 254 g/mol. The highest BCUT2D eigenvalue weighted by Crippen LogP contribution is 2.09. The monoisotopic (exact) mass is 267 g/mol. The smallest absolute Gasteiger partial charge is 0.267 e. The van der Waals surface area contributed by atoms with Gasteiger partial charge in [0.1, 0.15) is 11.8 Å². The summed E-state index contributed by atoms with van der Waals surface area (Å²) in [5.74, 6) is 0. The third-order valence-electron chi connectivity index (χ3n) is 3.34. The average molecular weight is 267 g/mol. The van der Waals surface area contributed by atoms with E-state index in [2.05, 4.69) is 15.4 Å². The Balaban J connectivity index is 1.99. The lowest BCUT2D eigenvalue weighted by molar-refractivity contribution is 0.561. The molecule has 2 aromatic heterocycles. The van der Waals surface area contributed by atoms with Crippen LogP contribution in [-0.4, -0.2) is 21.3 Å². The van der Waals surface area contributed by atoms with Crippen LogP contribution in [0.3, 0.4) is 0 Å². The molecule has 0 fully saturated rings. The van der Waals surface area contributed by atoms with Crippen molar-refractivity contribution in [3.05, 3.63) is 57.3 Å². The molecule has 3 heterocycles. The fourth-order valence-corrected chi connectivity index (χ4v) is 2.30. The zero-order valence-corrected chi connectivity index (χ0v) is 10.8. The Morgan fingerprint density at radius 2 is 2.40 bits per heavy atom. The van der Waals surface area contributed by atoms with E-state index in [1.54, 1.807) is 24.4 Å². The van der Waals surface area contributed by atoms with Crippen molar-refractivity contribution in [2.75, 3.05) is 6.54 Å². The Hall–Kier alpha value is -2.52. The van der Waals surface area contributed by atoms with Crippen LogP contribution in [0.25, 0.3) is 0 Å². The summed E-state index contributed by atoms with van der Waals surface area (Å²) in [4.78, 5) is 16.1. The zero-order chi connectivity index (χ0) is 13.9. The molecule has 1 aliphatic rings. The molecule has 0 aliphatic carbocycles. The molecule has 0 saturated carbocycles. The van der Waals surface area contributed by atoms with Crippen molar-refractivity contribution >= 4 is 0 Å². The van der Waals surface area contributed by atoms with Gasteiger partial charge in [-0.25, -0.2) is 9.67 Å². The molecule has 2 aromatic rings. The summed E-state index contributed by atoms with van der Waals surface area (Å²) in [6.07, 6.45) is 2.38. The van der Waals surface area contributed by atoms with E-state index < -0.39 is 0 Å². The van der Waals surface area contributed by atoms with Gasteiger partial charge in [-0.3, -0.25) is 4.79 Å². The molecule has 0 unspecified atom stereocenters. The highest BCUT2D eigenvalue weighted by molar-refractivity contribution is 5.30. The van der Waals surface area contributed by atoms with E-state index in [1.165, 1.54) is 4.68 Å². The molecule has 0 atom stereocenters. The van der Waals surface area contributed by atoms with Crippen molar-refractivity contribution in [3.8, 4) is 6.07 Å². The third-order valence-corrected chi connectivity index (χ3v) is 3.34. The molecule has 20 heavy (non-hydrogen) atoms. The molecular formula is C14H13N5O. The topological polar surface area (TPSA) is 83.6 Å². The number of nitrogens with zero attached hydrogens (tertiary/aromatic N) is 4. The highest BCUT2D eigenvalue weighted by atomic mass is 16.1. The number of rotatable bonds is 2. The minimum absolute atomic E-state index is 0.153. The van der Waals surface area contributed by atoms with Crippen LogP contribution in [0.2, 0.25) is 0 Å². The van der Waals surface area contributed by atoms with Gasteiger partial charge in [0.15, 0.2) is 0 Å². The van der Waals surface area contributed by atoms with Crippen molar-refractivity contribution in [2.24, 2.45) is 0 Å². The number of hydrogen-bond acceptors (Lipinski definition) is 5. The average Bonchev–Trinajstić information content (AvgIpc) is 2.48. The number of nitriles is 1. The van der Waals surface area contributed by atoms with Gasteiger partial charge >= 0.3 is 0 Å². The van der Waals surface area contributed by atoms with E-state index >= 15 is 0 Å².